The Kier molecular flexibility index (Phi) is 8.63. The second kappa shape index (κ2) is 10.7. The van der Waals surface area contributed by atoms with Crippen LogP contribution in [0, 0.1) is 0 Å². The molecule has 1 aromatic heterocycles. The van der Waals surface area contributed by atoms with Crippen LogP contribution in [0.3, 0.4) is 0 Å². The van der Waals surface area contributed by atoms with Gasteiger partial charge in [0, 0.05) is 45.2 Å². The summed E-state index contributed by atoms with van der Waals surface area (Å²) in [5.74, 6) is 1.06. The van der Waals surface area contributed by atoms with Crippen molar-refractivity contribution in [2.75, 3.05) is 36.8 Å². The number of hydrogen-bond acceptors (Lipinski definition) is 6. The fourth-order valence-electron chi connectivity index (χ4n) is 3.03. The molecule has 9 heteroatoms. The van der Waals surface area contributed by atoms with E-state index < -0.39 is 0 Å². The van der Waals surface area contributed by atoms with Crippen molar-refractivity contribution in [3.63, 3.8) is 0 Å². The smallest absolute Gasteiger partial charge is 0.230 e. The number of rotatable bonds is 8. The van der Waals surface area contributed by atoms with Gasteiger partial charge in [0.05, 0.1) is 5.75 Å². The maximum atomic E-state index is 11.9. The van der Waals surface area contributed by atoms with E-state index in [2.05, 4.69) is 27.1 Å². The number of nitrogens with one attached hydrogen (secondary N) is 1. The fourth-order valence-corrected chi connectivity index (χ4v) is 3.94. The van der Waals surface area contributed by atoms with Crippen LogP contribution in [0.25, 0.3) is 0 Å². The van der Waals surface area contributed by atoms with Gasteiger partial charge in [0.1, 0.15) is 11.0 Å². The van der Waals surface area contributed by atoms with Crippen LogP contribution in [0.2, 0.25) is 5.15 Å². The number of halogens is 1. The first-order valence-electron chi connectivity index (χ1n) is 9.37. The lowest BCUT2D eigenvalue weighted by Crippen LogP contribution is -2.53. The molecular weight excluding hydrogens is 386 g/mol. The van der Waals surface area contributed by atoms with E-state index in [1.165, 1.54) is 11.8 Å². The van der Waals surface area contributed by atoms with Gasteiger partial charge in [0.2, 0.25) is 11.8 Å². The number of piperazine rings is 1. The molecular formula is C18H28ClN5O2S. The Labute approximate surface area is 170 Å². The highest BCUT2D eigenvalue weighted by Crippen LogP contribution is 2.24. The van der Waals surface area contributed by atoms with E-state index in [4.69, 9.17) is 11.6 Å². The van der Waals surface area contributed by atoms with Gasteiger partial charge in [-0.25, -0.2) is 9.97 Å². The summed E-state index contributed by atoms with van der Waals surface area (Å²) in [6.07, 6.45) is 3.24. The third-order valence-corrected chi connectivity index (χ3v) is 5.49. The van der Waals surface area contributed by atoms with Gasteiger partial charge in [-0.05, 0) is 13.3 Å². The molecule has 27 heavy (non-hydrogen) atoms. The Bertz CT molecular complexity index is 661. The van der Waals surface area contributed by atoms with Gasteiger partial charge < -0.3 is 15.1 Å². The Morgan fingerprint density at radius 3 is 2.78 bits per heavy atom. The molecule has 2 amide bonds. The van der Waals surface area contributed by atoms with Crippen LogP contribution in [0.4, 0.5) is 5.82 Å². The zero-order valence-corrected chi connectivity index (χ0v) is 17.8. The standard InChI is InChI=1S/C18H28ClN5O2S/c1-4-5-6-7-20-17(26)12-27-18-21-15(19)10-16(22-18)23-8-9-24(14(3)25)13(2)11-23/h10,13H,4-9,11-12H2,1-3H3,(H,20,26)/t13-/m1/s1. The van der Waals surface area contributed by atoms with Crippen LogP contribution in [-0.4, -0.2) is 64.7 Å². The molecule has 1 atom stereocenters. The molecule has 1 saturated heterocycles. The Hall–Kier alpha value is -1.54. The van der Waals surface area contributed by atoms with Crippen LogP contribution >= 0.6 is 23.4 Å². The van der Waals surface area contributed by atoms with Crippen LogP contribution in [0.5, 0.6) is 0 Å². The maximum absolute atomic E-state index is 11.9. The molecule has 2 rings (SSSR count). The molecule has 1 aromatic rings. The predicted octanol–water partition coefficient (Wildman–Crippen LogP) is 2.59. The third-order valence-electron chi connectivity index (χ3n) is 4.45. The second-order valence-electron chi connectivity index (χ2n) is 6.68. The van der Waals surface area contributed by atoms with Crippen LogP contribution < -0.4 is 10.2 Å². The van der Waals surface area contributed by atoms with Crippen LogP contribution in [-0.2, 0) is 9.59 Å². The van der Waals surface area contributed by atoms with Crippen molar-refractivity contribution in [2.24, 2.45) is 0 Å². The summed E-state index contributed by atoms with van der Waals surface area (Å²) in [7, 11) is 0. The molecule has 1 aliphatic heterocycles. The van der Waals surface area contributed by atoms with E-state index in [0.717, 1.165) is 25.1 Å². The van der Waals surface area contributed by atoms with Crippen molar-refractivity contribution in [1.82, 2.24) is 20.2 Å². The Balaban J connectivity index is 1.92. The number of nitrogens with zero attached hydrogens (tertiary/aromatic N) is 4. The van der Waals surface area contributed by atoms with Crippen molar-refractivity contribution in [3.8, 4) is 0 Å². The van der Waals surface area contributed by atoms with Gasteiger partial charge in [-0.15, -0.1) is 0 Å². The zero-order chi connectivity index (χ0) is 19.8. The van der Waals surface area contributed by atoms with Gasteiger partial charge in [0.25, 0.3) is 0 Å². The first-order chi connectivity index (χ1) is 12.9. The van der Waals surface area contributed by atoms with Crippen molar-refractivity contribution in [3.05, 3.63) is 11.2 Å². The summed E-state index contributed by atoms with van der Waals surface area (Å²) < 4.78 is 0. The number of thioether (sulfide) groups is 1. The number of carbonyl (C=O) groups is 2. The normalized spacial score (nSPS) is 17.1. The highest BCUT2D eigenvalue weighted by Gasteiger charge is 2.26. The molecule has 0 spiro atoms. The minimum Gasteiger partial charge on any atom is -0.355 e. The molecule has 0 aliphatic carbocycles. The average Bonchev–Trinajstić information content (AvgIpc) is 2.62. The van der Waals surface area contributed by atoms with Gasteiger partial charge in [-0.2, -0.15) is 0 Å². The van der Waals surface area contributed by atoms with Gasteiger partial charge >= 0.3 is 0 Å². The Morgan fingerprint density at radius 2 is 2.11 bits per heavy atom. The summed E-state index contributed by atoms with van der Waals surface area (Å²) in [6, 6.07) is 1.84. The highest BCUT2D eigenvalue weighted by molar-refractivity contribution is 7.99. The zero-order valence-electron chi connectivity index (χ0n) is 16.2. The number of carbonyl (C=O) groups excluding carboxylic acids is 2. The number of anilines is 1. The maximum Gasteiger partial charge on any atom is 0.230 e. The topological polar surface area (TPSA) is 78.4 Å². The number of aromatic nitrogens is 2. The minimum atomic E-state index is -0.0232. The number of unbranched alkanes of at least 4 members (excludes halogenated alkanes) is 2. The first kappa shape index (κ1) is 21.8. The molecule has 0 radical (unpaired) electrons. The van der Waals surface area contributed by atoms with E-state index in [1.54, 1.807) is 13.0 Å². The molecule has 0 aromatic carbocycles. The van der Waals surface area contributed by atoms with E-state index in [-0.39, 0.29) is 23.6 Å². The SMILES string of the molecule is CCCCCNC(=O)CSc1nc(Cl)cc(N2CCN(C(C)=O)[C@H](C)C2)n1. The monoisotopic (exact) mass is 413 g/mol. The van der Waals surface area contributed by atoms with E-state index >= 15 is 0 Å². The van der Waals surface area contributed by atoms with Gasteiger partial charge in [-0.1, -0.05) is 43.1 Å². The van der Waals surface area contributed by atoms with Crippen molar-refractivity contribution in [1.29, 1.82) is 0 Å². The largest absolute Gasteiger partial charge is 0.355 e. The molecule has 2 heterocycles. The molecule has 0 bridgehead atoms. The molecule has 0 saturated carbocycles. The van der Waals surface area contributed by atoms with Crippen molar-refractivity contribution < 1.29 is 9.59 Å². The lowest BCUT2D eigenvalue weighted by molar-refractivity contribution is -0.131. The quantitative estimate of drug-likeness (QED) is 0.305. The summed E-state index contributed by atoms with van der Waals surface area (Å²) in [4.78, 5) is 36.3. The van der Waals surface area contributed by atoms with Gasteiger partial charge in [0.15, 0.2) is 5.16 Å². The molecule has 1 N–H and O–H groups in total. The summed E-state index contributed by atoms with van der Waals surface area (Å²) in [5, 5.41) is 3.75. The summed E-state index contributed by atoms with van der Waals surface area (Å²) in [5.41, 5.74) is 0. The minimum absolute atomic E-state index is 0.0232. The van der Waals surface area contributed by atoms with E-state index in [9.17, 15) is 9.59 Å². The molecule has 1 fully saturated rings. The van der Waals surface area contributed by atoms with Crippen molar-refractivity contribution >= 4 is 41.0 Å². The number of amides is 2. The second-order valence-corrected chi connectivity index (χ2v) is 8.01. The molecule has 0 unspecified atom stereocenters. The van der Waals surface area contributed by atoms with E-state index in [1.807, 2.05) is 11.8 Å². The highest BCUT2D eigenvalue weighted by atomic mass is 35.5. The lowest BCUT2D eigenvalue weighted by Gasteiger charge is -2.40. The Morgan fingerprint density at radius 1 is 1.33 bits per heavy atom. The summed E-state index contributed by atoms with van der Waals surface area (Å²) in [6.45, 7) is 8.49. The molecule has 7 nitrogen and oxygen atoms in total. The van der Waals surface area contributed by atoms with Gasteiger partial charge in [-0.3, -0.25) is 9.59 Å². The molecule has 1 aliphatic rings. The first-order valence-corrected chi connectivity index (χ1v) is 10.7. The average molecular weight is 414 g/mol. The van der Waals surface area contributed by atoms with E-state index in [0.29, 0.717) is 36.5 Å². The van der Waals surface area contributed by atoms with Crippen molar-refractivity contribution in [2.45, 2.75) is 51.2 Å². The third kappa shape index (κ3) is 6.84. The van der Waals surface area contributed by atoms with Crippen LogP contribution in [0.15, 0.2) is 11.2 Å². The number of hydrogen-bond donors (Lipinski definition) is 1. The fraction of sp³-hybridized carbons (Fsp3) is 0.667. The molecule has 150 valence electrons. The van der Waals surface area contributed by atoms with Crippen LogP contribution in [0.1, 0.15) is 40.0 Å². The predicted molar refractivity (Wildman–Crippen MR) is 109 cm³/mol. The summed E-state index contributed by atoms with van der Waals surface area (Å²) >= 11 is 7.44. The lowest BCUT2D eigenvalue weighted by atomic mass is 10.2.